The van der Waals surface area contributed by atoms with Crippen molar-refractivity contribution in [3.05, 3.63) is 75.3 Å². The van der Waals surface area contributed by atoms with Crippen LogP contribution in [-0.4, -0.2) is 52.1 Å². The van der Waals surface area contributed by atoms with Crippen LogP contribution in [-0.2, 0) is 23.4 Å². The Labute approximate surface area is 254 Å². The number of aliphatic hydroxyl groups excluding tert-OH is 1. The van der Waals surface area contributed by atoms with E-state index in [2.05, 4.69) is 5.09 Å². The third kappa shape index (κ3) is 8.64. The summed E-state index contributed by atoms with van der Waals surface area (Å²) in [5.74, 6) is -1.55. The van der Waals surface area contributed by atoms with Crippen molar-refractivity contribution in [3.8, 4) is 5.75 Å². The molecule has 0 saturated carbocycles. The van der Waals surface area contributed by atoms with E-state index in [1.54, 1.807) is 24.3 Å². The zero-order valence-corrected chi connectivity index (χ0v) is 25.8. The third-order valence-corrected chi connectivity index (χ3v) is 8.67. The molecule has 0 bridgehead atoms. The van der Waals surface area contributed by atoms with Crippen LogP contribution in [0.4, 0.5) is 4.39 Å². The first kappa shape index (κ1) is 33.5. The maximum Gasteiger partial charge on any atom is 0.459 e. The topological polar surface area (TPSA) is 158 Å². The van der Waals surface area contributed by atoms with Crippen LogP contribution in [0.2, 0.25) is 0 Å². The molecule has 5 atom stereocenters. The summed E-state index contributed by atoms with van der Waals surface area (Å²) < 4.78 is 52.1. The predicted molar refractivity (Wildman–Crippen MR) is 161 cm³/mol. The summed E-state index contributed by atoms with van der Waals surface area (Å²) in [6.45, 7) is 5.58. The molecule has 4 rings (SSSR count). The minimum Gasteiger partial charge on any atom is -0.465 e. The number of H-pyrrole nitrogens is 1. The Morgan fingerprint density at radius 3 is 2.70 bits per heavy atom. The molecular weight excluding hydrogens is 596 g/mol. The lowest BCUT2D eigenvalue weighted by Crippen LogP contribution is -2.39. The lowest BCUT2D eigenvalue weighted by atomic mass is 10.1. The lowest BCUT2D eigenvalue weighted by Gasteiger charge is -2.27. The Morgan fingerprint density at radius 2 is 1.95 bits per heavy atom. The Kier molecular flexibility index (Phi) is 11.5. The molecule has 14 heteroatoms. The standard InChI is InChI=1S/C30H39FN3O9P/c1-4-5-8-14-40-29(37)23(15-19(2)3)33-44(39,43-25-13-9-11-20-10-6-7-12-21(20)25)41-18-26-24(35)16-27(42-26)34-17-22(31)28(36)32-30(34)38/h6-7,9-13,17,19,23-24,26-27,35H,4-5,8,14-16,18H2,1-3H3,(H,33,39)(H,32,36,38)/t23-,24-,26+,27+,44?/m0/s1. The molecule has 240 valence electrons. The number of fused-ring (bicyclic) bond motifs is 1. The van der Waals surface area contributed by atoms with Crippen LogP contribution < -0.4 is 20.9 Å². The van der Waals surface area contributed by atoms with E-state index in [9.17, 15) is 28.4 Å². The summed E-state index contributed by atoms with van der Waals surface area (Å²) in [5, 5.41) is 14.9. The number of nitrogens with zero attached hydrogens (tertiary/aromatic N) is 1. The van der Waals surface area contributed by atoms with Gasteiger partial charge in [-0.05, 0) is 30.2 Å². The van der Waals surface area contributed by atoms with Crippen LogP contribution in [0.3, 0.4) is 0 Å². The van der Waals surface area contributed by atoms with E-state index in [-0.39, 0.29) is 31.1 Å². The van der Waals surface area contributed by atoms with E-state index >= 15 is 0 Å². The Morgan fingerprint density at radius 1 is 1.20 bits per heavy atom. The number of ether oxygens (including phenoxy) is 2. The van der Waals surface area contributed by atoms with Gasteiger partial charge in [0.25, 0.3) is 5.56 Å². The number of esters is 1. The molecule has 12 nitrogen and oxygen atoms in total. The SMILES string of the molecule is CCCCCOC(=O)[C@H](CC(C)C)NP(=O)(OC[C@H]1O[C@@H](n2cc(F)c(=O)[nH]c2=O)C[C@@H]1O)Oc1cccc2ccccc12. The molecular formula is C30H39FN3O9P. The van der Waals surface area contributed by atoms with Gasteiger partial charge >= 0.3 is 19.4 Å². The molecule has 44 heavy (non-hydrogen) atoms. The quantitative estimate of drug-likeness (QED) is 0.124. The number of hydrogen-bond donors (Lipinski definition) is 3. The summed E-state index contributed by atoms with van der Waals surface area (Å²) in [6, 6.07) is 11.5. The van der Waals surface area contributed by atoms with Crippen molar-refractivity contribution in [3.63, 3.8) is 0 Å². The predicted octanol–water partition coefficient (Wildman–Crippen LogP) is 4.42. The number of carbonyl (C=O) groups excluding carboxylic acids is 1. The fraction of sp³-hybridized carbons (Fsp3) is 0.500. The second-order valence-corrected chi connectivity index (χ2v) is 12.8. The number of aromatic nitrogens is 2. The van der Waals surface area contributed by atoms with E-state index in [1.807, 2.05) is 44.0 Å². The minimum atomic E-state index is -4.37. The molecule has 0 amide bonds. The average molecular weight is 636 g/mol. The highest BCUT2D eigenvalue weighted by atomic mass is 31.2. The first-order valence-electron chi connectivity index (χ1n) is 14.7. The van der Waals surface area contributed by atoms with Crippen molar-refractivity contribution in [2.45, 2.75) is 77.4 Å². The smallest absolute Gasteiger partial charge is 0.459 e. The molecule has 2 aromatic carbocycles. The number of halogens is 1. The highest BCUT2D eigenvalue weighted by molar-refractivity contribution is 7.52. The maximum absolute atomic E-state index is 14.4. The fourth-order valence-electron chi connectivity index (χ4n) is 4.87. The number of carbonyl (C=O) groups is 1. The molecule has 0 radical (unpaired) electrons. The van der Waals surface area contributed by atoms with Crippen LogP contribution in [0, 0.1) is 11.7 Å². The first-order chi connectivity index (χ1) is 21.0. The molecule has 3 N–H and O–H groups in total. The second-order valence-electron chi connectivity index (χ2n) is 11.1. The van der Waals surface area contributed by atoms with Crippen molar-refractivity contribution in [2.24, 2.45) is 5.92 Å². The van der Waals surface area contributed by atoms with Crippen molar-refractivity contribution >= 4 is 24.5 Å². The van der Waals surface area contributed by atoms with Crippen molar-refractivity contribution in [1.82, 2.24) is 14.6 Å². The lowest BCUT2D eigenvalue weighted by molar-refractivity contribution is -0.146. The Bertz CT molecular complexity index is 1590. The highest BCUT2D eigenvalue weighted by Crippen LogP contribution is 2.48. The average Bonchev–Trinajstić information content (AvgIpc) is 3.35. The molecule has 0 spiro atoms. The van der Waals surface area contributed by atoms with Crippen molar-refractivity contribution in [1.29, 1.82) is 0 Å². The van der Waals surface area contributed by atoms with Gasteiger partial charge in [-0.15, -0.1) is 0 Å². The van der Waals surface area contributed by atoms with Gasteiger partial charge in [0, 0.05) is 11.8 Å². The van der Waals surface area contributed by atoms with Crippen LogP contribution in [0.5, 0.6) is 5.75 Å². The summed E-state index contributed by atoms with van der Waals surface area (Å²) in [4.78, 5) is 38.6. The summed E-state index contributed by atoms with van der Waals surface area (Å²) in [6.07, 6.45) is -0.0844. The summed E-state index contributed by atoms with van der Waals surface area (Å²) >= 11 is 0. The van der Waals surface area contributed by atoms with E-state index in [1.165, 1.54) is 0 Å². The second kappa shape index (κ2) is 15.1. The molecule has 1 fully saturated rings. The zero-order chi connectivity index (χ0) is 31.9. The third-order valence-electron chi connectivity index (χ3n) is 7.11. The minimum absolute atomic E-state index is 0.0125. The van der Waals surface area contributed by atoms with Gasteiger partial charge in [0.2, 0.25) is 5.82 Å². The normalized spacial score (nSPS) is 20.5. The van der Waals surface area contributed by atoms with Gasteiger partial charge < -0.3 is 19.1 Å². The maximum atomic E-state index is 14.4. The zero-order valence-electron chi connectivity index (χ0n) is 24.9. The van der Waals surface area contributed by atoms with E-state index in [4.69, 9.17) is 18.5 Å². The van der Waals surface area contributed by atoms with E-state index in [0.29, 0.717) is 18.0 Å². The van der Waals surface area contributed by atoms with Gasteiger partial charge in [-0.2, -0.15) is 9.48 Å². The monoisotopic (exact) mass is 635 g/mol. The van der Waals surface area contributed by atoms with E-state index < -0.39 is 61.9 Å². The number of nitrogens with one attached hydrogen (secondary N) is 2. The number of aliphatic hydroxyl groups is 1. The number of hydrogen-bond acceptors (Lipinski definition) is 9. The molecule has 3 aromatic rings. The molecule has 1 saturated heterocycles. The Hall–Kier alpha value is -3.35. The highest BCUT2D eigenvalue weighted by Gasteiger charge is 2.40. The summed E-state index contributed by atoms with van der Waals surface area (Å²) in [7, 11) is -4.37. The molecule has 1 unspecified atom stereocenters. The molecule has 1 aliphatic rings. The van der Waals surface area contributed by atoms with Crippen LogP contribution >= 0.6 is 7.75 Å². The van der Waals surface area contributed by atoms with Crippen LogP contribution in [0.15, 0.2) is 58.3 Å². The van der Waals surface area contributed by atoms with Crippen molar-refractivity contribution in [2.75, 3.05) is 13.2 Å². The van der Waals surface area contributed by atoms with Crippen LogP contribution in [0.1, 0.15) is 59.1 Å². The van der Waals surface area contributed by atoms with Gasteiger partial charge in [-0.25, -0.2) is 9.36 Å². The van der Waals surface area contributed by atoms with E-state index in [0.717, 1.165) is 22.8 Å². The largest absolute Gasteiger partial charge is 0.465 e. The number of unbranched alkanes of at least 4 members (excludes halogenated alkanes) is 2. The van der Waals surface area contributed by atoms with Crippen LogP contribution in [0.25, 0.3) is 10.8 Å². The molecule has 2 heterocycles. The van der Waals surface area contributed by atoms with Gasteiger partial charge in [0.1, 0.15) is 24.1 Å². The Balaban J connectivity index is 1.57. The number of aromatic amines is 1. The number of rotatable bonds is 15. The molecule has 1 aliphatic heterocycles. The van der Waals surface area contributed by atoms with Gasteiger partial charge in [-0.3, -0.25) is 23.7 Å². The fourth-order valence-corrected chi connectivity index (χ4v) is 6.40. The molecule has 1 aromatic heterocycles. The van der Waals surface area contributed by atoms with Gasteiger partial charge in [0.05, 0.1) is 25.5 Å². The molecule has 0 aliphatic carbocycles. The number of benzene rings is 2. The van der Waals surface area contributed by atoms with Crippen molar-refractivity contribution < 1.29 is 37.4 Å². The first-order valence-corrected chi connectivity index (χ1v) is 16.2. The van der Waals surface area contributed by atoms with Gasteiger partial charge in [-0.1, -0.05) is 70.0 Å². The van der Waals surface area contributed by atoms with Gasteiger partial charge in [0.15, 0.2) is 0 Å². The summed E-state index contributed by atoms with van der Waals surface area (Å²) in [5.41, 5.74) is -2.10.